The predicted octanol–water partition coefficient (Wildman–Crippen LogP) is 36.8. The highest BCUT2D eigenvalue weighted by Crippen LogP contribution is 2.40. The number of rotatable bonds is 12. The number of aromatic nitrogens is 4. The summed E-state index contributed by atoms with van der Waals surface area (Å²) in [5, 5.41) is 1.36. The van der Waals surface area contributed by atoms with Gasteiger partial charge < -0.3 is 9.97 Å². The van der Waals surface area contributed by atoms with Crippen LogP contribution in [0.5, 0.6) is 0 Å². The number of nitrogens with zero attached hydrogens (tertiary/aromatic N) is 2. The van der Waals surface area contributed by atoms with Crippen molar-refractivity contribution in [3.63, 3.8) is 0 Å². The van der Waals surface area contributed by atoms with Gasteiger partial charge in [0.1, 0.15) is 0 Å². The zero-order valence-electron chi connectivity index (χ0n) is 76.2. The van der Waals surface area contributed by atoms with Crippen molar-refractivity contribution in [1.29, 1.82) is 0 Å². The van der Waals surface area contributed by atoms with E-state index >= 15 is 0 Å². The number of aromatic amines is 2. The molecule has 0 saturated heterocycles. The molecule has 3 heterocycles. The minimum absolute atomic E-state index is 0. The minimum Gasteiger partial charge on any atom is -0.361 e. The molecule has 676 valence electrons. The molecule has 12 aromatic rings. The first kappa shape index (κ1) is 121. The van der Waals surface area contributed by atoms with Gasteiger partial charge >= 0.3 is 0 Å². The fourth-order valence-electron chi connectivity index (χ4n) is 13.2. The van der Waals surface area contributed by atoms with Crippen molar-refractivity contribution in [2.45, 2.75) is 310 Å². The Morgan fingerprint density at radius 3 is 0.902 bits per heavy atom. The van der Waals surface area contributed by atoms with E-state index in [2.05, 4.69) is 480 Å². The van der Waals surface area contributed by atoms with Crippen LogP contribution in [0.1, 0.15) is 315 Å². The normalized spacial score (nSPS) is 10.9. The maximum atomic E-state index is 4.26. The average Bonchev–Trinajstić information content (AvgIpc) is 1.14. The van der Waals surface area contributed by atoms with E-state index in [0.29, 0.717) is 49.2 Å². The van der Waals surface area contributed by atoms with E-state index in [4.69, 9.17) is 0 Å². The van der Waals surface area contributed by atoms with Crippen LogP contribution in [0, 0.1) is 48.7 Å². The maximum absolute atomic E-state index is 4.26. The molecule has 3 aromatic heterocycles. The van der Waals surface area contributed by atoms with Gasteiger partial charge in [-0.2, -0.15) is 0 Å². The van der Waals surface area contributed by atoms with Gasteiger partial charge in [0, 0.05) is 46.8 Å². The molecule has 2 N–H and O–H groups in total. The zero-order chi connectivity index (χ0) is 84.7. The number of fused-ring (bicyclic) bond motifs is 1. The standard InChI is InChI=1S/2C17H20.C13H17N.C12H18.3C11H16.C10H15N.C8H14N2.8CH4/c1-17(2,3)16(14-10-6-4-7-11-14)15-12-8-5-9-13-15;1-17(2,3)13-14-9-11-16(12-10-14)15-7-5-4-6-8-15;1-13(2,3)8-10-9-14-12-7-5-4-6-11(10)12;1-12(2,3)10-9-11-7-5-4-6-8-11;3*1-11(2,3)9-10-7-5-4-6-8-10;1-10(2,3)8-9-6-4-5-7-11-9;1-8(2,3)4-7-5-9-6-10-7;;;;;;;;/h4-13,16H,1-3H3;4-12H,13H2,1-3H3;4-7,9,14H,8H2,1-3H3;4-8H,9-10H2,1-3H3;3*4-8H,9H2,1-3H3;4-7H,8H2,1-3H3;5-6H,4H2,1-3H3,(H,9,10);8*1H4. The lowest BCUT2D eigenvalue weighted by molar-refractivity contribution is 0.358. The lowest BCUT2D eigenvalue weighted by Crippen LogP contribution is -2.19. The Balaban J connectivity index is -0.000000420. The number of para-hydroxylation sites is 1. The first-order valence-electron chi connectivity index (χ1n) is 42.0. The molecule has 0 bridgehead atoms. The van der Waals surface area contributed by atoms with Gasteiger partial charge in [0.05, 0.1) is 6.33 Å². The van der Waals surface area contributed by atoms with E-state index in [1.54, 1.807) is 6.33 Å². The third kappa shape index (κ3) is 58.8. The summed E-state index contributed by atoms with van der Waals surface area (Å²) in [4.78, 5) is 14.6. The molecule has 0 aliphatic heterocycles. The summed E-state index contributed by atoms with van der Waals surface area (Å²) in [7, 11) is 0. The lowest BCUT2D eigenvalue weighted by atomic mass is 9.73. The van der Waals surface area contributed by atoms with Gasteiger partial charge in [-0.1, -0.05) is 507 Å². The summed E-state index contributed by atoms with van der Waals surface area (Å²) in [6.45, 7) is 61.1. The molecule has 4 heteroatoms. The highest BCUT2D eigenvalue weighted by atomic mass is 14.9. The molecule has 0 aliphatic rings. The van der Waals surface area contributed by atoms with Crippen LogP contribution in [0.25, 0.3) is 22.0 Å². The summed E-state index contributed by atoms with van der Waals surface area (Å²) in [6, 6.07) is 98.1. The Labute approximate surface area is 755 Å². The van der Waals surface area contributed by atoms with Gasteiger partial charge in [-0.3, -0.25) is 4.98 Å². The van der Waals surface area contributed by atoms with Crippen molar-refractivity contribution >= 4 is 10.9 Å². The average molecular weight is 1660 g/mol. The molecule has 9 aromatic carbocycles. The van der Waals surface area contributed by atoms with Crippen LogP contribution < -0.4 is 0 Å². The van der Waals surface area contributed by atoms with E-state index < -0.39 is 0 Å². The molecule has 0 amide bonds. The summed E-state index contributed by atoms with van der Waals surface area (Å²) < 4.78 is 0. The summed E-state index contributed by atoms with van der Waals surface area (Å²) in [5.41, 5.74) is 20.9. The van der Waals surface area contributed by atoms with Gasteiger partial charge in [-0.05, 0) is 180 Å². The first-order valence-corrected chi connectivity index (χ1v) is 42.0. The number of benzene rings is 9. The number of hydrogen-bond donors (Lipinski definition) is 2. The molecule has 0 aliphatic carbocycles. The Morgan fingerprint density at radius 1 is 0.270 bits per heavy atom. The molecule has 0 saturated carbocycles. The maximum Gasteiger partial charge on any atom is 0.0921 e. The molecule has 122 heavy (non-hydrogen) atoms. The SMILES string of the molecule is C.C.C.C.C.C.C.C.CC(C)(C)C(c1ccccc1)c1ccccc1.CC(C)(C)CCc1ccccc1.CC(C)(C)Cc1c[nH]c2ccccc12.CC(C)(C)Cc1ccc(-c2ccccc2)cc1.CC(C)(C)Cc1ccccc1.CC(C)(C)Cc1ccccc1.CC(C)(C)Cc1ccccc1.CC(C)(C)Cc1ccccn1.CC(C)(C)Cc1cnc[nH]1. The second kappa shape index (κ2) is 58.9. The van der Waals surface area contributed by atoms with Crippen molar-refractivity contribution in [3.05, 3.63) is 360 Å². The van der Waals surface area contributed by atoms with Crippen LogP contribution >= 0.6 is 0 Å². The van der Waals surface area contributed by atoms with Gasteiger partial charge in [0.2, 0.25) is 0 Å². The quantitative estimate of drug-likeness (QED) is 0.128. The fourth-order valence-corrected chi connectivity index (χ4v) is 13.2. The Morgan fingerprint density at radius 2 is 0.582 bits per heavy atom. The number of H-pyrrole nitrogens is 2. The van der Waals surface area contributed by atoms with Crippen LogP contribution in [0.3, 0.4) is 0 Å². The molecule has 0 unspecified atom stereocenters. The monoisotopic (exact) mass is 1660 g/mol. The number of pyridine rings is 1. The van der Waals surface area contributed by atoms with Crippen molar-refractivity contribution in [2.24, 2.45) is 48.7 Å². The summed E-state index contributed by atoms with van der Waals surface area (Å²) >= 11 is 0. The topological polar surface area (TPSA) is 57.4 Å². The Bertz CT molecular complexity index is 4120. The highest BCUT2D eigenvalue weighted by Gasteiger charge is 2.28. The molecule has 0 atom stereocenters. The predicted molar refractivity (Wildman–Crippen MR) is 557 cm³/mol. The molecule has 0 radical (unpaired) electrons. The zero-order valence-corrected chi connectivity index (χ0v) is 76.2. The largest absolute Gasteiger partial charge is 0.361 e. The van der Waals surface area contributed by atoms with Crippen molar-refractivity contribution in [3.8, 4) is 11.1 Å². The Kier molecular flexibility index (Phi) is 58.6. The third-order valence-corrected chi connectivity index (χ3v) is 17.8. The van der Waals surface area contributed by atoms with E-state index in [0.717, 1.165) is 44.9 Å². The third-order valence-electron chi connectivity index (χ3n) is 17.8. The van der Waals surface area contributed by atoms with Crippen molar-refractivity contribution < 1.29 is 0 Å². The van der Waals surface area contributed by atoms with E-state index in [1.807, 2.05) is 24.5 Å². The van der Waals surface area contributed by atoms with E-state index in [-0.39, 0.29) is 64.8 Å². The van der Waals surface area contributed by atoms with Crippen LogP contribution in [0.4, 0.5) is 0 Å². The summed E-state index contributed by atoms with van der Waals surface area (Å²) in [6.07, 6.45) is 17.9. The number of aryl methyl sites for hydroxylation is 1. The highest BCUT2D eigenvalue weighted by molar-refractivity contribution is 5.83. The lowest BCUT2D eigenvalue weighted by Gasteiger charge is -2.31. The molecule has 4 nitrogen and oxygen atoms in total. The van der Waals surface area contributed by atoms with E-state index in [9.17, 15) is 0 Å². The molecular weight excluding hydrogens is 1470 g/mol. The number of imidazole rings is 1. The van der Waals surface area contributed by atoms with Crippen LogP contribution in [0.15, 0.2) is 304 Å². The molecule has 0 spiro atoms. The van der Waals surface area contributed by atoms with Gasteiger partial charge in [0.15, 0.2) is 0 Å². The van der Waals surface area contributed by atoms with Gasteiger partial charge in [-0.25, -0.2) is 4.98 Å². The number of hydrogen-bond acceptors (Lipinski definition) is 2. The molecule has 0 fully saturated rings. The summed E-state index contributed by atoms with van der Waals surface area (Å²) in [5.74, 6) is 0.449. The first-order chi connectivity index (χ1) is 53.2. The van der Waals surface area contributed by atoms with Crippen LogP contribution in [-0.2, 0) is 51.4 Å². The number of nitrogens with one attached hydrogen (secondary N) is 2. The van der Waals surface area contributed by atoms with Gasteiger partial charge in [0.25, 0.3) is 0 Å². The van der Waals surface area contributed by atoms with Crippen molar-refractivity contribution in [2.75, 3.05) is 0 Å². The van der Waals surface area contributed by atoms with E-state index in [1.165, 1.54) is 90.8 Å². The van der Waals surface area contributed by atoms with Crippen LogP contribution in [-0.4, -0.2) is 19.9 Å². The Hall–Kier alpha value is -9.12. The fraction of sp³-hybridized carbons (Fsp3) is 0.458. The molecular formula is C118H184N4. The smallest absolute Gasteiger partial charge is 0.0921 e. The second-order valence-electron chi connectivity index (χ2n) is 41.6. The van der Waals surface area contributed by atoms with Gasteiger partial charge in [-0.15, -0.1) is 0 Å². The minimum atomic E-state index is 0. The second-order valence-corrected chi connectivity index (χ2v) is 41.6. The van der Waals surface area contributed by atoms with Crippen LogP contribution in [0.2, 0.25) is 0 Å². The molecule has 12 rings (SSSR count). The van der Waals surface area contributed by atoms with Crippen molar-refractivity contribution in [1.82, 2.24) is 19.9 Å².